The van der Waals surface area contributed by atoms with Crippen LogP contribution >= 0.6 is 0 Å². The molecule has 0 unspecified atom stereocenters. The summed E-state index contributed by atoms with van der Waals surface area (Å²) in [4.78, 5) is 11.1. The predicted molar refractivity (Wildman–Crippen MR) is 96.7 cm³/mol. The molecule has 2 N–H and O–H groups in total. The molecular formula is C18H18F3NO6S. The highest BCUT2D eigenvalue weighted by molar-refractivity contribution is 7.89. The zero-order valence-electron chi connectivity index (χ0n) is 15.4. The minimum atomic E-state index is -4.80. The highest BCUT2D eigenvalue weighted by Gasteiger charge is 2.31. The van der Waals surface area contributed by atoms with E-state index in [0.717, 1.165) is 18.2 Å². The standard InChI is InChI=1S/C18H18F3NO6S/c1-11-9-15(10-16(12(11)2)17(23)24)29(25,26)22-7-8-27-13-3-5-14(6-4-13)28-18(19,20)21/h3-6,9-10,22H,7-8H2,1-2H3,(H,23,24). The van der Waals surface area contributed by atoms with Crippen LogP contribution in [0.1, 0.15) is 21.5 Å². The van der Waals surface area contributed by atoms with Crippen LogP contribution in [0.2, 0.25) is 0 Å². The summed E-state index contributed by atoms with van der Waals surface area (Å²) in [5, 5.41) is 9.20. The molecule has 7 nitrogen and oxygen atoms in total. The van der Waals surface area contributed by atoms with Crippen molar-refractivity contribution >= 4 is 16.0 Å². The minimum Gasteiger partial charge on any atom is -0.492 e. The Balaban J connectivity index is 1.96. The fourth-order valence-corrected chi connectivity index (χ4v) is 3.49. The number of rotatable bonds is 8. The number of carbonyl (C=O) groups is 1. The van der Waals surface area contributed by atoms with Crippen molar-refractivity contribution in [1.29, 1.82) is 0 Å². The number of halogens is 3. The second kappa shape index (κ2) is 8.70. The molecule has 11 heteroatoms. The Morgan fingerprint density at radius 1 is 1.10 bits per heavy atom. The molecule has 0 fully saturated rings. The van der Waals surface area contributed by atoms with Crippen LogP contribution in [0.3, 0.4) is 0 Å². The van der Waals surface area contributed by atoms with E-state index < -0.39 is 28.1 Å². The van der Waals surface area contributed by atoms with E-state index in [1.807, 2.05) is 0 Å². The first-order valence-corrected chi connectivity index (χ1v) is 9.70. The molecule has 0 aliphatic carbocycles. The van der Waals surface area contributed by atoms with Crippen molar-refractivity contribution in [1.82, 2.24) is 4.72 Å². The summed E-state index contributed by atoms with van der Waals surface area (Å²) in [7, 11) is -3.98. The topological polar surface area (TPSA) is 102 Å². The lowest BCUT2D eigenvalue weighted by molar-refractivity contribution is -0.274. The van der Waals surface area contributed by atoms with Crippen LogP contribution in [0.25, 0.3) is 0 Å². The van der Waals surface area contributed by atoms with Gasteiger partial charge in [0.1, 0.15) is 18.1 Å². The van der Waals surface area contributed by atoms with Gasteiger partial charge in [0.2, 0.25) is 10.0 Å². The van der Waals surface area contributed by atoms with Crippen molar-refractivity contribution in [2.75, 3.05) is 13.2 Å². The Hall–Kier alpha value is -2.79. The minimum absolute atomic E-state index is 0.102. The van der Waals surface area contributed by atoms with Gasteiger partial charge in [-0.15, -0.1) is 13.2 Å². The number of sulfonamides is 1. The molecule has 0 aliphatic rings. The maximum atomic E-state index is 12.4. The number of hydrogen-bond acceptors (Lipinski definition) is 5. The van der Waals surface area contributed by atoms with Gasteiger partial charge in [-0.05, 0) is 61.4 Å². The van der Waals surface area contributed by atoms with Crippen LogP contribution in [-0.2, 0) is 10.0 Å². The van der Waals surface area contributed by atoms with Gasteiger partial charge in [0, 0.05) is 6.54 Å². The lowest BCUT2D eigenvalue weighted by Crippen LogP contribution is -2.28. The third-order valence-electron chi connectivity index (χ3n) is 3.90. The average molecular weight is 433 g/mol. The van der Waals surface area contributed by atoms with Gasteiger partial charge in [-0.1, -0.05) is 0 Å². The molecule has 158 valence electrons. The zero-order chi connectivity index (χ0) is 21.8. The number of aryl methyl sites for hydroxylation is 1. The van der Waals surface area contributed by atoms with Crippen LogP contribution in [0.15, 0.2) is 41.3 Å². The zero-order valence-corrected chi connectivity index (χ0v) is 16.2. The molecule has 0 saturated carbocycles. The first kappa shape index (κ1) is 22.5. The van der Waals surface area contributed by atoms with Crippen LogP contribution < -0.4 is 14.2 Å². The van der Waals surface area contributed by atoms with E-state index in [1.165, 1.54) is 18.2 Å². The molecule has 2 aromatic carbocycles. The summed E-state index contributed by atoms with van der Waals surface area (Å²) in [6.07, 6.45) is -4.80. The smallest absolute Gasteiger partial charge is 0.492 e. The third kappa shape index (κ3) is 6.36. The molecule has 0 amide bonds. The largest absolute Gasteiger partial charge is 0.573 e. The highest BCUT2D eigenvalue weighted by Crippen LogP contribution is 2.24. The molecule has 0 heterocycles. The predicted octanol–water partition coefficient (Wildman–Crippen LogP) is 3.26. The van der Waals surface area contributed by atoms with Gasteiger partial charge in [-0.3, -0.25) is 0 Å². The fraction of sp³-hybridized carbons (Fsp3) is 0.278. The van der Waals surface area contributed by atoms with Crippen molar-refractivity contribution in [3.8, 4) is 11.5 Å². The number of carboxylic acids is 1. The van der Waals surface area contributed by atoms with Crippen molar-refractivity contribution in [2.45, 2.75) is 25.1 Å². The molecule has 0 atom stereocenters. The van der Waals surface area contributed by atoms with Gasteiger partial charge in [-0.2, -0.15) is 0 Å². The Bertz CT molecular complexity index is 988. The maximum Gasteiger partial charge on any atom is 0.573 e. The molecule has 0 spiro atoms. The average Bonchev–Trinajstić information content (AvgIpc) is 2.60. The van der Waals surface area contributed by atoms with Crippen LogP contribution in [0, 0.1) is 13.8 Å². The summed E-state index contributed by atoms with van der Waals surface area (Å²) in [6, 6.07) is 7.07. The molecule has 2 aromatic rings. The summed E-state index contributed by atoms with van der Waals surface area (Å²) in [5.74, 6) is -1.42. The number of carboxylic acid groups (broad SMARTS) is 1. The maximum absolute atomic E-state index is 12.4. The van der Waals surface area contributed by atoms with Crippen molar-refractivity contribution in [3.05, 3.63) is 53.1 Å². The van der Waals surface area contributed by atoms with Gasteiger partial charge in [0.05, 0.1) is 10.5 Å². The first-order valence-electron chi connectivity index (χ1n) is 8.22. The van der Waals surface area contributed by atoms with Crippen molar-refractivity contribution in [3.63, 3.8) is 0 Å². The Morgan fingerprint density at radius 2 is 1.69 bits per heavy atom. The molecule has 0 aromatic heterocycles. The molecule has 0 saturated heterocycles. The van der Waals surface area contributed by atoms with Gasteiger partial charge in [0.25, 0.3) is 0 Å². The summed E-state index contributed by atoms with van der Waals surface area (Å²) in [6.45, 7) is 2.95. The van der Waals surface area contributed by atoms with Gasteiger partial charge in [0.15, 0.2) is 0 Å². The number of ether oxygens (including phenoxy) is 2. The summed E-state index contributed by atoms with van der Waals surface area (Å²) < 4.78 is 72.4. The molecular weight excluding hydrogens is 415 g/mol. The third-order valence-corrected chi connectivity index (χ3v) is 5.34. The van der Waals surface area contributed by atoms with Gasteiger partial charge < -0.3 is 14.6 Å². The van der Waals surface area contributed by atoms with Crippen molar-refractivity contribution < 1.29 is 41.0 Å². The molecule has 0 radical (unpaired) electrons. The Kier molecular flexibility index (Phi) is 6.75. The van der Waals surface area contributed by atoms with E-state index in [4.69, 9.17) is 4.74 Å². The van der Waals surface area contributed by atoms with Crippen LogP contribution in [-0.4, -0.2) is 39.0 Å². The SMILES string of the molecule is Cc1cc(S(=O)(=O)NCCOc2ccc(OC(F)(F)F)cc2)cc(C(=O)O)c1C. The lowest BCUT2D eigenvalue weighted by Gasteiger charge is -2.12. The number of benzene rings is 2. The Morgan fingerprint density at radius 3 is 2.24 bits per heavy atom. The van der Waals surface area contributed by atoms with E-state index in [-0.39, 0.29) is 29.4 Å². The van der Waals surface area contributed by atoms with E-state index in [0.29, 0.717) is 11.1 Å². The molecule has 0 aliphatic heterocycles. The van der Waals surface area contributed by atoms with Crippen LogP contribution in [0.5, 0.6) is 11.5 Å². The molecule has 2 rings (SSSR count). The van der Waals surface area contributed by atoms with E-state index in [1.54, 1.807) is 13.8 Å². The van der Waals surface area contributed by atoms with E-state index >= 15 is 0 Å². The molecule has 0 bridgehead atoms. The normalized spacial score (nSPS) is 11.9. The Labute approximate surface area is 165 Å². The quantitative estimate of drug-likeness (QED) is 0.620. The molecule has 29 heavy (non-hydrogen) atoms. The monoisotopic (exact) mass is 433 g/mol. The fourth-order valence-electron chi connectivity index (χ4n) is 2.37. The lowest BCUT2D eigenvalue weighted by atomic mass is 10.0. The van der Waals surface area contributed by atoms with Crippen LogP contribution in [0.4, 0.5) is 13.2 Å². The second-order valence-electron chi connectivity index (χ2n) is 5.98. The summed E-state index contributed by atoms with van der Waals surface area (Å²) >= 11 is 0. The number of nitrogens with one attached hydrogen (secondary N) is 1. The van der Waals surface area contributed by atoms with E-state index in [2.05, 4.69) is 9.46 Å². The highest BCUT2D eigenvalue weighted by atomic mass is 32.2. The van der Waals surface area contributed by atoms with Gasteiger partial charge in [-0.25, -0.2) is 17.9 Å². The number of aromatic carboxylic acids is 1. The van der Waals surface area contributed by atoms with Crippen molar-refractivity contribution in [2.24, 2.45) is 0 Å². The summed E-state index contributed by atoms with van der Waals surface area (Å²) in [5.41, 5.74) is 0.878. The number of alkyl halides is 3. The second-order valence-corrected chi connectivity index (χ2v) is 7.75. The van der Waals surface area contributed by atoms with E-state index in [9.17, 15) is 31.5 Å². The first-order chi connectivity index (χ1) is 13.4. The van der Waals surface area contributed by atoms with Gasteiger partial charge >= 0.3 is 12.3 Å². The number of hydrogen-bond donors (Lipinski definition) is 2.